The fourth-order valence-electron chi connectivity index (χ4n) is 2.51. The number of halogens is 1. The van der Waals surface area contributed by atoms with Crippen LogP contribution in [0.4, 0.5) is 5.00 Å². The first-order chi connectivity index (χ1) is 12.6. The van der Waals surface area contributed by atoms with Crippen LogP contribution in [0.5, 0.6) is 0 Å². The van der Waals surface area contributed by atoms with E-state index in [0.29, 0.717) is 15.6 Å². The molecule has 1 aromatic heterocycles. The van der Waals surface area contributed by atoms with Crippen LogP contribution in [-0.2, 0) is 19.7 Å². The molecular formula is C18H16ClNO4S3. The van der Waals surface area contributed by atoms with Crippen LogP contribution in [-0.4, -0.2) is 30.1 Å². The predicted octanol–water partition coefficient (Wildman–Crippen LogP) is 4.35. The van der Waals surface area contributed by atoms with Crippen LogP contribution >= 0.6 is 22.9 Å². The Hall–Kier alpha value is -1.87. The van der Waals surface area contributed by atoms with Crippen molar-refractivity contribution < 1.29 is 16.8 Å². The lowest BCUT2D eigenvalue weighted by Gasteiger charge is -2.09. The van der Waals surface area contributed by atoms with Gasteiger partial charge in [-0.3, -0.25) is 0 Å². The number of benzene rings is 2. The maximum Gasteiger partial charge on any atom is 0.216 e. The van der Waals surface area contributed by atoms with Gasteiger partial charge in [-0.25, -0.2) is 16.8 Å². The van der Waals surface area contributed by atoms with Crippen LogP contribution in [0.1, 0.15) is 0 Å². The summed E-state index contributed by atoms with van der Waals surface area (Å²) in [5, 5.41) is 3.66. The van der Waals surface area contributed by atoms with Crippen molar-refractivity contribution in [2.75, 3.05) is 18.6 Å². The third-order valence-corrected chi connectivity index (χ3v) is 8.74. The number of hydrogen-bond donors (Lipinski definition) is 1. The second kappa shape index (κ2) is 7.27. The molecule has 0 fully saturated rings. The Kier molecular flexibility index (Phi) is 5.36. The van der Waals surface area contributed by atoms with Gasteiger partial charge in [-0.05, 0) is 35.4 Å². The highest BCUT2D eigenvalue weighted by Crippen LogP contribution is 2.38. The van der Waals surface area contributed by atoms with Gasteiger partial charge in [-0.15, -0.1) is 11.3 Å². The highest BCUT2D eigenvalue weighted by molar-refractivity contribution is 7.93. The number of anilines is 1. The molecule has 3 aromatic rings. The second-order valence-electron chi connectivity index (χ2n) is 5.83. The summed E-state index contributed by atoms with van der Waals surface area (Å²) in [6, 6.07) is 14.5. The third kappa shape index (κ3) is 4.03. The van der Waals surface area contributed by atoms with Crippen molar-refractivity contribution in [3.63, 3.8) is 0 Å². The highest BCUT2D eigenvalue weighted by atomic mass is 35.5. The molecule has 0 unspecified atom stereocenters. The van der Waals surface area contributed by atoms with E-state index < -0.39 is 19.7 Å². The van der Waals surface area contributed by atoms with Gasteiger partial charge in [0.2, 0.25) is 9.84 Å². The van der Waals surface area contributed by atoms with Crippen LogP contribution in [0, 0.1) is 0 Å². The maximum absolute atomic E-state index is 13.1. The van der Waals surface area contributed by atoms with Crippen molar-refractivity contribution in [3.8, 4) is 11.1 Å². The van der Waals surface area contributed by atoms with Crippen LogP contribution in [0.25, 0.3) is 11.1 Å². The average molecular weight is 442 g/mol. The lowest BCUT2D eigenvalue weighted by molar-refractivity contribution is 0.597. The number of thiophene rings is 1. The van der Waals surface area contributed by atoms with E-state index in [2.05, 4.69) is 5.32 Å². The van der Waals surface area contributed by atoms with Gasteiger partial charge >= 0.3 is 0 Å². The van der Waals surface area contributed by atoms with Crippen molar-refractivity contribution in [1.82, 2.24) is 0 Å². The average Bonchev–Trinajstić information content (AvgIpc) is 3.03. The van der Waals surface area contributed by atoms with E-state index in [4.69, 9.17) is 11.6 Å². The smallest absolute Gasteiger partial charge is 0.216 e. The van der Waals surface area contributed by atoms with Gasteiger partial charge in [0, 0.05) is 13.3 Å². The fraction of sp³-hybridized carbons (Fsp3) is 0.111. The van der Waals surface area contributed by atoms with Gasteiger partial charge in [0.05, 0.1) is 14.8 Å². The lowest BCUT2D eigenvalue weighted by atomic mass is 10.1. The van der Waals surface area contributed by atoms with Crippen molar-refractivity contribution in [1.29, 1.82) is 0 Å². The van der Waals surface area contributed by atoms with Crippen LogP contribution in [0.15, 0.2) is 68.6 Å². The first-order valence-corrected chi connectivity index (χ1v) is 12.3. The zero-order valence-electron chi connectivity index (χ0n) is 14.4. The fourth-order valence-corrected chi connectivity index (χ4v) is 6.39. The number of hydrogen-bond acceptors (Lipinski definition) is 6. The molecule has 1 N–H and O–H groups in total. The zero-order chi connectivity index (χ0) is 19.8. The van der Waals surface area contributed by atoms with E-state index in [1.807, 2.05) is 6.07 Å². The number of sulfone groups is 2. The summed E-state index contributed by atoms with van der Waals surface area (Å²) in [5.41, 5.74) is 1.23. The highest BCUT2D eigenvalue weighted by Gasteiger charge is 2.25. The Morgan fingerprint density at radius 2 is 1.52 bits per heavy atom. The molecule has 0 aliphatic rings. The van der Waals surface area contributed by atoms with E-state index in [1.165, 1.54) is 24.3 Å². The largest absolute Gasteiger partial charge is 0.379 e. The van der Waals surface area contributed by atoms with E-state index in [0.717, 1.165) is 23.2 Å². The molecule has 5 nitrogen and oxygen atoms in total. The molecule has 2 aromatic carbocycles. The summed E-state index contributed by atoms with van der Waals surface area (Å²) in [6.07, 6.45) is 1.05. The molecule has 1 heterocycles. The maximum atomic E-state index is 13.1. The first-order valence-electron chi connectivity index (χ1n) is 7.75. The second-order valence-corrected chi connectivity index (χ2v) is 11.5. The SMILES string of the molecule is CNc1sc(S(=O)(=O)c2cc(-c3ccccc3)cc(S(C)(=O)=O)c2)cc1Cl. The molecule has 27 heavy (non-hydrogen) atoms. The monoisotopic (exact) mass is 441 g/mol. The van der Waals surface area contributed by atoms with Crippen LogP contribution in [0.3, 0.4) is 0 Å². The Labute approximate surface area is 167 Å². The summed E-state index contributed by atoms with van der Waals surface area (Å²) < 4.78 is 50.5. The Morgan fingerprint density at radius 1 is 0.889 bits per heavy atom. The van der Waals surface area contributed by atoms with E-state index in [-0.39, 0.29) is 14.0 Å². The van der Waals surface area contributed by atoms with Gasteiger partial charge in [0.1, 0.15) is 9.21 Å². The van der Waals surface area contributed by atoms with Crippen molar-refractivity contribution in [2.45, 2.75) is 14.0 Å². The molecule has 0 atom stereocenters. The standard InChI is InChI=1S/C18H16ClNO4S3/c1-20-18-16(19)11-17(25-18)27(23,24)15-9-13(12-6-4-3-5-7-12)8-14(10-15)26(2,21)22/h3-11,20H,1-2H3. The molecule has 0 spiro atoms. The summed E-state index contributed by atoms with van der Waals surface area (Å²) >= 11 is 7.05. The summed E-state index contributed by atoms with van der Waals surface area (Å²) in [7, 11) is -5.89. The third-order valence-electron chi connectivity index (χ3n) is 3.88. The quantitative estimate of drug-likeness (QED) is 0.636. The molecule has 0 bridgehead atoms. The molecule has 3 rings (SSSR count). The summed E-state index contributed by atoms with van der Waals surface area (Å²) in [4.78, 5) is -0.149. The predicted molar refractivity (Wildman–Crippen MR) is 109 cm³/mol. The van der Waals surface area contributed by atoms with Gasteiger partial charge in [0.15, 0.2) is 9.84 Å². The minimum absolute atomic E-state index is 0.0431. The Balaban J connectivity index is 2.25. The van der Waals surface area contributed by atoms with E-state index in [9.17, 15) is 16.8 Å². The minimum atomic E-state index is -3.93. The van der Waals surface area contributed by atoms with Gasteiger partial charge in [0.25, 0.3) is 0 Å². The van der Waals surface area contributed by atoms with Crippen molar-refractivity contribution in [2.24, 2.45) is 0 Å². The molecule has 0 aliphatic carbocycles. The van der Waals surface area contributed by atoms with Crippen molar-refractivity contribution >= 4 is 47.6 Å². The molecule has 0 amide bonds. The van der Waals surface area contributed by atoms with Crippen molar-refractivity contribution in [3.05, 3.63) is 59.6 Å². The lowest BCUT2D eigenvalue weighted by Crippen LogP contribution is -2.04. The molecule has 0 saturated heterocycles. The molecule has 9 heteroatoms. The van der Waals surface area contributed by atoms with Crippen LogP contribution < -0.4 is 5.32 Å². The Bertz CT molecular complexity index is 1200. The molecule has 0 saturated carbocycles. The van der Waals surface area contributed by atoms with E-state index in [1.54, 1.807) is 31.3 Å². The van der Waals surface area contributed by atoms with Crippen LogP contribution in [0.2, 0.25) is 5.02 Å². The van der Waals surface area contributed by atoms with Gasteiger partial charge in [-0.2, -0.15) is 0 Å². The Morgan fingerprint density at radius 3 is 2.07 bits per heavy atom. The molecular weight excluding hydrogens is 426 g/mol. The molecule has 142 valence electrons. The topological polar surface area (TPSA) is 80.3 Å². The summed E-state index contributed by atoms with van der Waals surface area (Å²) in [5.74, 6) is 0. The number of rotatable bonds is 5. The minimum Gasteiger partial charge on any atom is -0.379 e. The first kappa shape index (κ1) is 19.9. The number of nitrogens with one attached hydrogen (secondary N) is 1. The summed E-state index contributed by atoms with van der Waals surface area (Å²) in [6.45, 7) is 0. The molecule has 0 radical (unpaired) electrons. The zero-order valence-corrected chi connectivity index (χ0v) is 17.6. The normalized spacial score (nSPS) is 12.1. The molecule has 0 aliphatic heterocycles. The van der Waals surface area contributed by atoms with E-state index >= 15 is 0 Å². The van der Waals surface area contributed by atoms with Gasteiger partial charge < -0.3 is 5.32 Å². The van der Waals surface area contributed by atoms with Gasteiger partial charge in [-0.1, -0.05) is 41.9 Å².